The summed E-state index contributed by atoms with van der Waals surface area (Å²) in [7, 11) is 0. The van der Waals surface area contributed by atoms with Crippen molar-refractivity contribution in [1.29, 1.82) is 0 Å². The van der Waals surface area contributed by atoms with Gasteiger partial charge in [-0.2, -0.15) is 0 Å². The predicted octanol–water partition coefficient (Wildman–Crippen LogP) is 5.49. The van der Waals surface area contributed by atoms with Gasteiger partial charge in [0, 0.05) is 18.8 Å². The zero-order valence-corrected chi connectivity index (χ0v) is 18.1. The predicted molar refractivity (Wildman–Crippen MR) is 119 cm³/mol. The van der Waals surface area contributed by atoms with E-state index >= 15 is 0 Å². The Morgan fingerprint density at radius 2 is 1.89 bits per heavy atom. The molecule has 1 aliphatic heterocycles. The second kappa shape index (κ2) is 10.5. The quantitative estimate of drug-likeness (QED) is 0.429. The van der Waals surface area contributed by atoms with Crippen LogP contribution in [-0.2, 0) is 11.2 Å². The van der Waals surface area contributed by atoms with E-state index in [9.17, 15) is 4.79 Å². The summed E-state index contributed by atoms with van der Waals surface area (Å²) in [6.45, 7) is 16.8. The normalized spacial score (nSPS) is 17.2. The first-order valence-corrected chi connectivity index (χ1v) is 10.8. The molecule has 1 saturated heterocycles. The van der Waals surface area contributed by atoms with Gasteiger partial charge in [0.25, 0.3) is 0 Å². The number of piperidine rings is 1. The molecule has 1 unspecified atom stereocenters. The Morgan fingerprint density at radius 1 is 1.18 bits per heavy atom. The number of likely N-dealkylation sites (tertiary alicyclic amines) is 1. The van der Waals surface area contributed by atoms with Crippen LogP contribution in [0, 0.1) is 5.41 Å². The van der Waals surface area contributed by atoms with Crippen LogP contribution in [0.5, 0.6) is 0 Å². The number of rotatable bonds is 10. The number of hydrogen-bond acceptors (Lipinski definition) is 2. The van der Waals surface area contributed by atoms with Crippen LogP contribution >= 0.6 is 0 Å². The van der Waals surface area contributed by atoms with E-state index in [4.69, 9.17) is 0 Å². The lowest BCUT2D eigenvalue weighted by Crippen LogP contribution is -2.49. The number of hydrogen-bond donors (Lipinski definition) is 1. The monoisotopic (exact) mass is 382 g/mol. The van der Waals surface area contributed by atoms with Crippen LogP contribution in [-0.4, -0.2) is 29.9 Å². The van der Waals surface area contributed by atoms with E-state index in [0.717, 1.165) is 69.3 Å². The maximum atomic E-state index is 12.9. The molecule has 3 nitrogen and oxygen atoms in total. The highest BCUT2D eigenvalue weighted by molar-refractivity contribution is 5.82. The summed E-state index contributed by atoms with van der Waals surface area (Å²) in [6, 6.07) is 10.4. The Morgan fingerprint density at radius 3 is 2.57 bits per heavy atom. The third-order valence-corrected chi connectivity index (χ3v) is 6.24. The largest absolute Gasteiger partial charge is 0.360 e. The molecular weight excluding hydrogens is 344 g/mol. The Hall–Kier alpha value is -2.03. The molecule has 1 aromatic carbocycles. The second-order valence-electron chi connectivity index (χ2n) is 8.60. The Balaban J connectivity index is 1.84. The number of unbranched alkanes of at least 4 members (excludes halogenated alkanes) is 1. The van der Waals surface area contributed by atoms with Gasteiger partial charge in [0.15, 0.2) is 0 Å². The van der Waals surface area contributed by atoms with Crippen molar-refractivity contribution in [2.75, 3.05) is 13.1 Å². The number of allylic oxidation sites excluding steroid dienone is 1. The Labute approximate surface area is 171 Å². The fourth-order valence-corrected chi connectivity index (χ4v) is 3.73. The number of nitrogens with zero attached hydrogens (tertiary/aromatic N) is 1. The minimum absolute atomic E-state index is 0.00694. The number of nitrogens with one attached hydrogen (secondary N) is 1. The highest BCUT2D eigenvalue weighted by atomic mass is 16.2. The molecule has 0 saturated carbocycles. The molecule has 2 rings (SSSR count). The van der Waals surface area contributed by atoms with Gasteiger partial charge < -0.3 is 10.2 Å². The first-order valence-electron chi connectivity index (χ1n) is 10.8. The van der Waals surface area contributed by atoms with E-state index in [-0.39, 0.29) is 17.4 Å². The number of carbonyl (C=O) groups excluding carboxylic acids is 1. The van der Waals surface area contributed by atoms with Crippen LogP contribution < -0.4 is 5.32 Å². The van der Waals surface area contributed by atoms with E-state index in [2.05, 4.69) is 68.4 Å². The maximum absolute atomic E-state index is 12.9. The highest BCUT2D eigenvalue weighted by Crippen LogP contribution is 2.36. The smallest absolute Gasteiger partial charge is 0.242 e. The Kier molecular flexibility index (Phi) is 8.35. The Bertz CT molecular complexity index is 662. The molecule has 1 fully saturated rings. The number of carbonyl (C=O) groups is 1. The zero-order chi connectivity index (χ0) is 20.6. The summed E-state index contributed by atoms with van der Waals surface area (Å²) >= 11 is 0. The third kappa shape index (κ3) is 5.98. The van der Waals surface area contributed by atoms with Crippen molar-refractivity contribution < 1.29 is 4.79 Å². The van der Waals surface area contributed by atoms with Gasteiger partial charge in [0.2, 0.25) is 5.91 Å². The van der Waals surface area contributed by atoms with Crippen LogP contribution in [0.2, 0.25) is 0 Å². The fourth-order valence-electron chi connectivity index (χ4n) is 3.73. The molecule has 154 valence electrons. The first kappa shape index (κ1) is 22.3. The van der Waals surface area contributed by atoms with Crippen molar-refractivity contribution in [3.8, 4) is 0 Å². The molecule has 0 bridgehead atoms. The zero-order valence-electron chi connectivity index (χ0n) is 18.1. The number of aryl methyl sites for hydroxylation is 1. The van der Waals surface area contributed by atoms with Crippen molar-refractivity contribution in [2.45, 2.75) is 71.8 Å². The molecule has 0 radical (unpaired) electrons. The van der Waals surface area contributed by atoms with Gasteiger partial charge in [0.05, 0.1) is 0 Å². The summed E-state index contributed by atoms with van der Waals surface area (Å²) in [5.74, 6) is 0.141. The topological polar surface area (TPSA) is 32.3 Å². The molecular formula is C25H38N2O. The van der Waals surface area contributed by atoms with Crippen molar-refractivity contribution in [3.63, 3.8) is 0 Å². The van der Waals surface area contributed by atoms with Crippen LogP contribution in [0.3, 0.4) is 0 Å². The van der Waals surface area contributed by atoms with Gasteiger partial charge in [-0.1, -0.05) is 64.3 Å². The maximum Gasteiger partial charge on any atom is 0.242 e. The fraction of sp³-hybridized carbons (Fsp3) is 0.560. The van der Waals surface area contributed by atoms with Crippen molar-refractivity contribution in [3.05, 3.63) is 60.3 Å². The molecule has 1 heterocycles. The average Bonchev–Trinajstić information content (AvgIpc) is 2.73. The van der Waals surface area contributed by atoms with E-state index in [1.54, 1.807) is 0 Å². The van der Waals surface area contributed by atoms with Gasteiger partial charge in [-0.15, -0.1) is 0 Å². The van der Waals surface area contributed by atoms with Crippen molar-refractivity contribution in [1.82, 2.24) is 10.2 Å². The van der Waals surface area contributed by atoms with Crippen LogP contribution in [0.4, 0.5) is 0 Å². The van der Waals surface area contributed by atoms with Gasteiger partial charge in [-0.05, 0) is 61.5 Å². The first-order chi connectivity index (χ1) is 13.4. The average molecular weight is 383 g/mol. The summed E-state index contributed by atoms with van der Waals surface area (Å²) in [4.78, 5) is 15.1. The van der Waals surface area contributed by atoms with E-state index in [1.165, 1.54) is 5.56 Å². The molecule has 1 aromatic rings. The molecule has 1 amide bonds. The van der Waals surface area contributed by atoms with Crippen molar-refractivity contribution >= 4 is 5.91 Å². The van der Waals surface area contributed by atoms with Gasteiger partial charge in [-0.25, -0.2) is 0 Å². The minimum atomic E-state index is -0.111. The summed E-state index contributed by atoms with van der Waals surface area (Å²) in [5.41, 5.74) is 3.36. The van der Waals surface area contributed by atoms with E-state index < -0.39 is 0 Å². The summed E-state index contributed by atoms with van der Waals surface area (Å²) in [6.07, 6.45) is 7.27. The molecule has 3 heteroatoms. The van der Waals surface area contributed by atoms with E-state index in [0.29, 0.717) is 0 Å². The lowest BCUT2D eigenvalue weighted by Gasteiger charge is -2.41. The molecule has 28 heavy (non-hydrogen) atoms. The van der Waals surface area contributed by atoms with Gasteiger partial charge >= 0.3 is 0 Å². The second-order valence-corrected chi connectivity index (χ2v) is 8.60. The van der Waals surface area contributed by atoms with Crippen LogP contribution in [0.25, 0.3) is 0 Å². The van der Waals surface area contributed by atoms with Crippen LogP contribution in [0.1, 0.15) is 64.9 Å². The van der Waals surface area contributed by atoms with Gasteiger partial charge in [-0.3, -0.25) is 4.79 Å². The summed E-state index contributed by atoms with van der Waals surface area (Å²) in [5, 5.41) is 3.16. The highest BCUT2D eigenvalue weighted by Gasteiger charge is 2.32. The molecule has 0 aromatic heterocycles. The molecule has 0 spiro atoms. The summed E-state index contributed by atoms with van der Waals surface area (Å²) < 4.78 is 0. The third-order valence-electron chi connectivity index (χ3n) is 6.24. The van der Waals surface area contributed by atoms with Gasteiger partial charge in [0.1, 0.15) is 6.04 Å². The lowest BCUT2D eigenvalue weighted by molar-refractivity contribution is -0.126. The standard InChI is InChI=1S/C25H38N2O/c1-6-25(4,5)20(2)21(3)27-19-13-11-17-23(27)24(28)26-18-12-10-16-22-14-8-7-9-15-22/h7-9,14-15,23H,2-3,6,10-13,16-19H2,1,4-5H3,(H,26,28). The molecule has 1 atom stereocenters. The minimum Gasteiger partial charge on any atom is -0.360 e. The lowest BCUT2D eigenvalue weighted by atomic mass is 9.80. The SMILES string of the molecule is C=C(C(=C)C(C)(C)CC)N1CCCCC1C(=O)NCCCCc1ccccc1. The molecule has 1 N–H and O–H groups in total. The number of amides is 1. The molecule has 0 aliphatic carbocycles. The van der Waals surface area contributed by atoms with E-state index in [1.807, 2.05) is 6.07 Å². The molecule has 1 aliphatic rings. The van der Waals surface area contributed by atoms with Crippen LogP contribution in [0.15, 0.2) is 54.8 Å². The van der Waals surface area contributed by atoms with Crippen molar-refractivity contribution in [2.24, 2.45) is 5.41 Å². The number of benzene rings is 1.